The van der Waals surface area contributed by atoms with E-state index < -0.39 is 5.67 Å². The normalized spacial score (nSPS) is 27.3. The lowest BCUT2D eigenvalue weighted by Crippen LogP contribution is -2.77. The first-order valence-electron chi connectivity index (χ1n) is 10.4. The van der Waals surface area contributed by atoms with Crippen LogP contribution in [0.1, 0.15) is 42.6 Å². The Bertz CT molecular complexity index is 1030. The molecule has 3 saturated carbocycles. The van der Waals surface area contributed by atoms with Gasteiger partial charge in [0.05, 0.1) is 24.0 Å². The number of aromatic nitrogens is 3. The zero-order valence-electron chi connectivity index (χ0n) is 17.1. The molecule has 164 valence electrons. The first kappa shape index (κ1) is 20.2. The van der Waals surface area contributed by atoms with Crippen molar-refractivity contribution in [2.75, 3.05) is 20.2 Å². The van der Waals surface area contributed by atoms with E-state index in [-0.39, 0.29) is 23.3 Å². The number of H-pyrrole nitrogens is 1. The summed E-state index contributed by atoms with van der Waals surface area (Å²) >= 11 is 6.22. The van der Waals surface area contributed by atoms with Gasteiger partial charge in [0.1, 0.15) is 11.4 Å². The molecule has 2 bridgehead atoms. The third kappa shape index (κ3) is 3.54. The Kier molecular flexibility index (Phi) is 4.69. The van der Waals surface area contributed by atoms with Crippen molar-refractivity contribution in [3.63, 3.8) is 0 Å². The van der Waals surface area contributed by atoms with Gasteiger partial charge in [-0.1, -0.05) is 11.6 Å². The number of hydrogen-bond donors (Lipinski definition) is 2. The van der Waals surface area contributed by atoms with Crippen molar-refractivity contribution >= 4 is 23.4 Å². The van der Waals surface area contributed by atoms with Crippen LogP contribution < -0.4 is 10.1 Å². The van der Waals surface area contributed by atoms with Crippen LogP contribution in [-0.2, 0) is 4.79 Å². The van der Waals surface area contributed by atoms with E-state index in [1.807, 2.05) is 0 Å². The third-order valence-electron chi connectivity index (χ3n) is 6.63. The molecule has 0 aromatic carbocycles. The molecule has 0 unspecified atom stereocenters. The molecule has 3 aliphatic carbocycles. The van der Waals surface area contributed by atoms with Crippen LogP contribution in [0.15, 0.2) is 18.3 Å². The van der Waals surface area contributed by atoms with Crippen molar-refractivity contribution in [1.82, 2.24) is 25.4 Å². The van der Waals surface area contributed by atoms with Gasteiger partial charge in [0.2, 0.25) is 11.8 Å². The number of ether oxygens (including phenoxy) is 1. The molecule has 10 heteroatoms. The zero-order chi connectivity index (χ0) is 21.8. The van der Waals surface area contributed by atoms with Gasteiger partial charge in [-0.25, -0.2) is 9.37 Å². The molecule has 4 aliphatic rings. The zero-order valence-corrected chi connectivity index (χ0v) is 17.8. The number of alkyl halides is 1. The number of likely N-dealkylation sites (tertiary alicyclic amines) is 1. The maximum Gasteiger partial charge on any atom is 0.271 e. The van der Waals surface area contributed by atoms with Crippen LogP contribution in [0, 0.1) is 5.92 Å². The average molecular weight is 448 g/mol. The van der Waals surface area contributed by atoms with Crippen LogP contribution >= 0.6 is 11.6 Å². The Balaban J connectivity index is 1.19. The molecule has 2 N–H and O–H groups in total. The fourth-order valence-electron chi connectivity index (χ4n) is 4.97. The van der Waals surface area contributed by atoms with Crippen LogP contribution in [0.3, 0.4) is 0 Å². The third-order valence-corrected chi connectivity index (χ3v) is 6.93. The maximum absolute atomic E-state index is 13.7. The molecule has 0 spiro atoms. The van der Waals surface area contributed by atoms with Crippen LogP contribution in [0.4, 0.5) is 4.39 Å². The molecule has 2 aromatic rings. The summed E-state index contributed by atoms with van der Waals surface area (Å²) < 4.78 is 18.8. The number of pyridine rings is 1. The van der Waals surface area contributed by atoms with Gasteiger partial charge >= 0.3 is 0 Å². The molecular weight excluding hydrogens is 425 g/mol. The number of nitrogens with one attached hydrogen (secondary N) is 2. The van der Waals surface area contributed by atoms with Crippen molar-refractivity contribution < 1.29 is 18.7 Å². The lowest BCUT2D eigenvalue weighted by Gasteiger charge is -2.65. The molecule has 1 saturated heterocycles. The Hall–Kier alpha value is -2.68. The maximum atomic E-state index is 13.7. The molecule has 3 heterocycles. The highest BCUT2D eigenvalue weighted by Crippen LogP contribution is 2.63. The fourth-order valence-corrected chi connectivity index (χ4v) is 5.17. The van der Waals surface area contributed by atoms with E-state index in [1.165, 1.54) is 13.3 Å². The predicted molar refractivity (Wildman–Crippen MR) is 111 cm³/mol. The minimum Gasteiger partial charge on any atom is -0.481 e. The first-order valence-corrected chi connectivity index (χ1v) is 10.7. The largest absolute Gasteiger partial charge is 0.481 e. The van der Waals surface area contributed by atoms with Crippen LogP contribution in [0.5, 0.6) is 5.88 Å². The highest BCUT2D eigenvalue weighted by atomic mass is 35.5. The van der Waals surface area contributed by atoms with E-state index in [2.05, 4.69) is 20.5 Å². The standard InChI is InChI=1S/C21H23ClFN5O3/c1-31-17-6-13(14(22)8-24-17)15-7-16(27-26-15)19(30)28-4-2-12(3-5-28)18(29)25-21-9-20(23,10-21)11-21/h6-8,12H,2-5,9-11H2,1H3,(H,25,29)(H,26,27). The number of methoxy groups -OCH3 is 1. The summed E-state index contributed by atoms with van der Waals surface area (Å²) in [7, 11) is 1.51. The number of amides is 2. The second-order valence-electron chi connectivity index (χ2n) is 8.89. The van der Waals surface area contributed by atoms with E-state index in [0.717, 1.165) is 0 Å². The van der Waals surface area contributed by atoms with Crippen molar-refractivity contribution in [3.05, 3.63) is 29.0 Å². The second-order valence-corrected chi connectivity index (χ2v) is 9.30. The van der Waals surface area contributed by atoms with Crippen LogP contribution in [-0.4, -0.2) is 63.3 Å². The average Bonchev–Trinajstić information content (AvgIpc) is 3.21. The van der Waals surface area contributed by atoms with Crippen molar-refractivity contribution in [2.45, 2.75) is 43.3 Å². The van der Waals surface area contributed by atoms with E-state index in [9.17, 15) is 14.0 Å². The van der Waals surface area contributed by atoms with E-state index in [4.69, 9.17) is 16.3 Å². The molecular formula is C21H23ClFN5O3. The Morgan fingerprint density at radius 1 is 1.29 bits per heavy atom. The Morgan fingerprint density at radius 3 is 2.65 bits per heavy atom. The van der Waals surface area contributed by atoms with Gasteiger partial charge in [0, 0.05) is 55.4 Å². The summed E-state index contributed by atoms with van der Waals surface area (Å²) in [5.74, 6) is 0.0673. The number of hydrogen-bond acceptors (Lipinski definition) is 5. The summed E-state index contributed by atoms with van der Waals surface area (Å²) in [5, 5.41) is 10.4. The number of nitrogens with zero attached hydrogens (tertiary/aromatic N) is 3. The van der Waals surface area contributed by atoms with Crippen molar-refractivity contribution in [1.29, 1.82) is 0 Å². The number of carbonyl (C=O) groups is 2. The van der Waals surface area contributed by atoms with Gasteiger partial charge in [-0.3, -0.25) is 14.7 Å². The predicted octanol–water partition coefficient (Wildman–Crippen LogP) is 2.75. The highest BCUT2D eigenvalue weighted by molar-refractivity contribution is 6.33. The van der Waals surface area contributed by atoms with Crippen molar-refractivity contribution in [2.24, 2.45) is 5.92 Å². The molecule has 1 aliphatic heterocycles. The summed E-state index contributed by atoms with van der Waals surface area (Å²) in [5.41, 5.74) is 0.154. The minimum absolute atomic E-state index is 0.0149. The number of rotatable bonds is 5. The number of halogens is 2. The van der Waals surface area contributed by atoms with Crippen LogP contribution in [0.25, 0.3) is 11.3 Å². The quantitative estimate of drug-likeness (QED) is 0.734. The molecule has 4 fully saturated rings. The lowest BCUT2D eigenvalue weighted by molar-refractivity contribution is -0.177. The van der Waals surface area contributed by atoms with Gasteiger partial charge < -0.3 is 15.0 Å². The highest BCUT2D eigenvalue weighted by Gasteiger charge is 2.70. The summed E-state index contributed by atoms with van der Waals surface area (Å²) in [6, 6.07) is 3.31. The van der Waals surface area contributed by atoms with Gasteiger partial charge in [-0.2, -0.15) is 5.10 Å². The molecule has 2 amide bonds. The Labute approximate surface area is 183 Å². The topological polar surface area (TPSA) is 100 Å². The van der Waals surface area contributed by atoms with Gasteiger partial charge in [-0.15, -0.1) is 0 Å². The summed E-state index contributed by atoms with van der Waals surface area (Å²) in [4.78, 5) is 31.2. The second kappa shape index (κ2) is 7.19. The monoisotopic (exact) mass is 447 g/mol. The van der Waals surface area contributed by atoms with E-state index in [0.29, 0.717) is 73.0 Å². The summed E-state index contributed by atoms with van der Waals surface area (Å²) in [6.07, 6.45) is 3.98. The van der Waals surface area contributed by atoms with Gasteiger partial charge in [-0.05, 0) is 18.9 Å². The molecule has 0 radical (unpaired) electrons. The van der Waals surface area contributed by atoms with Gasteiger partial charge in [0.25, 0.3) is 5.91 Å². The molecule has 31 heavy (non-hydrogen) atoms. The first-order chi connectivity index (χ1) is 14.8. The SMILES string of the molecule is COc1cc(-c2cc(C(=O)N3CCC(C(=O)NC45CC(F)(C4)C5)CC3)[nH]n2)c(Cl)cn1. The van der Waals surface area contributed by atoms with E-state index in [1.54, 1.807) is 17.0 Å². The minimum atomic E-state index is -1.03. The van der Waals surface area contributed by atoms with E-state index >= 15 is 0 Å². The molecule has 6 rings (SSSR count). The smallest absolute Gasteiger partial charge is 0.271 e. The number of aromatic amines is 1. The van der Waals surface area contributed by atoms with Crippen molar-refractivity contribution in [3.8, 4) is 17.1 Å². The Morgan fingerprint density at radius 2 is 2.00 bits per heavy atom. The fraction of sp³-hybridized carbons (Fsp3) is 0.524. The lowest BCUT2D eigenvalue weighted by atomic mass is 9.47. The molecule has 8 nitrogen and oxygen atoms in total. The van der Waals surface area contributed by atoms with Crippen LogP contribution in [0.2, 0.25) is 5.02 Å². The number of piperidine rings is 1. The number of carbonyl (C=O) groups excluding carboxylic acids is 2. The molecule has 0 atom stereocenters. The van der Waals surface area contributed by atoms with Gasteiger partial charge in [0.15, 0.2) is 0 Å². The molecule has 2 aromatic heterocycles. The summed E-state index contributed by atoms with van der Waals surface area (Å²) in [6.45, 7) is 0.963.